The zero-order chi connectivity index (χ0) is 29.0. The van der Waals surface area contributed by atoms with Gasteiger partial charge in [-0.1, -0.05) is 114 Å². The standard InChI is InChI=1S/C36H37NO3/c1-22-15-18-26(36(5,6)7)21-28(22)32(38)30-31(24-16-19-25(20-17-24)35(2,3)4)37(34(40)33(30)39)29-14-10-12-23-11-8-9-13-27(23)29/h8-21,31,38H,1-7H3/b32-30+. The number of carbonyl (C=O) groups excluding carboxylic acids is 2. The minimum atomic E-state index is -0.780. The highest BCUT2D eigenvalue weighted by Gasteiger charge is 2.47. The molecule has 1 unspecified atom stereocenters. The molecule has 1 saturated heterocycles. The molecule has 0 bridgehead atoms. The summed E-state index contributed by atoms with van der Waals surface area (Å²) in [5, 5.41) is 13.7. The average Bonchev–Trinajstić information content (AvgIpc) is 3.17. The maximum Gasteiger partial charge on any atom is 0.300 e. The van der Waals surface area contributed by atoms with Crippen LogP contribution in [0.1, 0.15) is 75.4 Å². The van der Waals surface area contributed by atoms with Gasteiger partial charge in [-0.15, -0.1) is 0 Å². The molecule has 0 aromatic heterocycles. The summed E-state index contributed by atoms with van der Waals surface area (Å²) >= 11 is 0. The third-order valence-corrected chi connectivity index (χ3v) is 7.92. The number of aliphatic hydroxyl groups excluding tert-OH is 1. The van der Waals surface area contributed by atoms with Crippen molar-refractivity contribution >= 4 is 33.9 Å². The van der Waals surface area contributed by atoms with E-state index in [9.17, 15) is 14.7 Å². The highest BCUT2D eigenvalue weighted by atomic mass is 16.3. The summed E-state index contributed by atoms with van der Waals surface area (Å²) in [5.41, 5.74) is 4.90. The Bertz CT molecular complexity index is 1660. The van der Waals surface area contributed by atoms with Gasteiger partial charge in [0.25, 0.3) is 11.7 Å². The third kappa shape index (κ3) is 4.72. The van der Waals surface area contributed by atoms with Crippen LogP contribution in [0.4, 0.5) is 5.69 Å². The molecular weight excluding hydrogens is 494 g/mol. The molecule has 1 heterocycles. The lowest BCUT2D eigenvalue weighted by Gasteiger charge is -2.28. The van der Waals surface area contributed by atoms with Crippen LogP contribution in [0, 0.1) is 6.92 Å². The molecule has 0 saturated carbocycles. The molecule has 1 aliphatic rings. The van der Waals surface area contributed by atoms with Crippen molar-refractivity contribution in [2.75, 3.05) is 4.90 Å². The van der Waals surface area contributed by atoms with Crippen molar-refractivity contribution in [3.05, 3.63) is 118 Å². The molecule has 0 radical (unpaired) electrons. The summed E-state index contributed by atoms with van der Waals surface area (Å²) in [6.45, 7) is 14.7. The number of ketones is 1. The van der Waals surface area contributed by atoms with Gasteiger partial charge >= 0.3 is 0 Å². The number of fused-ring (bicyclic) bond motifs is 1. The Labute approximate surface area is 237 Å². The number of aryl methyl sites for hydroxylation is 1. The number of anilines is 1. The lowest BCUT2D eigenvalue weighted by molar-refractivity contribution is -0.132. The van der Waals surface area contributed by atoms with Gasteiger partial charge in [-0.05, 0) is 57.5 Å². The first-order valence-electron chi connectivity index (χ1n) is 13.8. The third-order valence-electron chi connectivity index (χ3n) is 7.92. The van der Waals surface area contributed by atoms with E-state index in [0.29, 0.717) is 11.3 Å². The zero-order valence-electron chi connectivity index (χ0n) is 24.4. The van der Waals surface area contributed by atoms with E-state index in [2.05, 4.69) is 41.5 Å². The van der Waals surface area contributed by atoms with Crippen LogP contribution >= 0.6 is 0 Å². The monoisotopic (exact) mass is 531 g/mol. The number of benzene rings is 4. The summed E-state index contributed by atoms with van der Waals surface area (Å²) in [5.74, 6) is -1.47. The van der Waals surface area contributed by atoms with Crippen molar-refractivity contribution in [2.45, 2.75) is 65.3 Å². The quantitative estimate of drug-likeness (QED) is 0.164. The second-order valence-corrected chi connectivity index (χ2v) is 12.8. The molecule has 1 fully saturated rings. The van der Waals surface area contributed by atoms with Gasteiger partial charge in [-0.25, -0.2) is 0 Å². The molecule has 5 rings (SSSR count). The van der Waals surface area contributed by atoms with E-state index in [1.165, 1.54) is 0 Å². The Morgan fingerprint density at radius 3 is 2.00 bits per heavy atom. The van der Waals surface area contributed by atoms with E-state index in [0.717, 1.165) is 33.0 Å². The maximum atomic E-state index is 13.8. The fraction of sp³-hybridized carbons (Fsp3) is 0.278. The first kappa shape index (κ1) is 27.4. The zero-order valence-corrected chi connectivity index (χ0v) is 24.4. The molecule has 4 aromatic rings. The molecule has 0 spiro atoms. The minimum Gasteiger partial charge on any atom is -0.507 e. The molecule has 4 nitrogen and oxygen atoms in total. The van der Waals surface area contributed by atoms with Crippen molar-refractivity contribution in [3.63, 3.8) is 0 Å². The molecule has 4 aromatic carbocycles. The fourth-order valence-electron chi connectivity index (χ4n) is 5.47. The number of amides is 1. The van der Waals surface area contributed by atoms with E-state index < -0.39 is 17.7 Å². The highest BCUT2D eigenvalue weighted by Crippen LogP contribution is 2.45. The Morgan fingerprint density at radius 2 is 1.35 bits per heavy atom. The molecule has 40 heavy (non-hydrogen) atoms. The van der Waals surface area contributed by atoms with Gasteiger partial charge in [-0.2, -0.15) is 0 Å². The summed E-state index contributed by atoms with van der Waals surface area (Å²) in [4.78, 5) is 29.2. The predicted octanol–water partition coefficient (Wildman–Crippen LogP) is 8.37. The van der Waals surface area contributed by atoms with Gasteiger partial charge in [0.15, 0.2) is 0 Å². The van der Waals surface area contributed by atoms with Crippen LogP contribution in [0.3, 0.4) is 0 Å². The smallest absolute Gasteiger partial charge is 0.300 e. The number of nitrogens with zero attached hydrogens (tertiary/aromatic N) is 1. The largest absolute Gasteiger partial charge is 0.507 e. The van der Waals surface area contributed by atoms with E-state index in [1.54, 1.807) is 4.90 Å². The molecule has 1 amide bonds. The Hall–Kier alpha value is -4.18. The summed E-state index contributed by atoms with van der Waals surface area (Å²) in [6, 6.07) is 26.8. The summed E-state index contributed by atoms with van der Waals surface area (Å²) in [7, 11) is 0. The second kappa shape index (κ2) is 9.78. The number of Topliss-reactive ketones (excluding diaryl/α,β-unsaturated/α-hetero) is 1. The lowest BCUT2D eigenvalue weighted by Crippen LogP contribution is -2.29. The number of hydrogen-bond donors (Lipinski definition) is 1. The van der Waals surface area contributed by atoms with Crippen molar-refractivity contribution in [1.29, 1.82) is 0 Å². The molecule has 0 aliphatic carbocycles. The van der Waals surface area contributed by atoms with Crippen LogP contribution in [-0.2, 0) is 20.4 Å². The SMILES string of the molecule is Cc1ccc(C(C)(C)C)cc1/C(O)=C1\C(=O)C(=O)N(c2cccc3ccccc23)C1c1ccc(C(C)(C)C)cc1. The molecular formula is C36H37NO3. The van der Waals surface area contributed by atoms with Crippen molar-refractivity contribution in [2.24, 2.45) is 0 Å². The van der Waals surface area contributed by atoms with Gasteiger partial charge in [0.1, 0.15) is 5.76 Å². The van der Waals surface area contributed by atoms with E-state index >= 15 is 0 Å². The molecule has 1 N–H and O–H groups in total. The normalized spacial score (nSPS) is 17.6. The van der Waals surface area contributed by atoms with Gasteiger partial charge in [0.2, 0.25) is 0 Å². The van der Waals surface area contributed by atoms with E-state index in [-0.39, 0.29) is 22.2 Å². The Kier molecular flexibility index (Phi) is 6.70. The second-order valence-electron chi connectivity index (χ2n) is 12.8. The predicted molar refractivity (Wildman–Crippen MR) is 164 cm³/mol. The van der Waals surface area contributed by atoms with Crippen LogP contribution < -0.4 is 4.90 Å². The Balaban J connectivity index is 1.78. The number of aliphatic hydroxyl groups is 1. The molecule has 1 atom stereocenters. The molecule has 204 valence electrons. The molecule has 4 heteroatoms. The Morgan fingerprint density at radius 1 is 0.750 bits per heavy atom. The minimum absolute atomic E-state index is 0.0551. The topological polar surface area (TPSA) is 57.6 Å². The first-order valence-corrected chi connectivity index (χ1v) is 13.8. The van der Waals surface area contributed by atoms with Crippen molar-refractivity contribution in [1.82, 2.24) is 0 Å². The maximum absolute atomic E-state index is 13.8. The number of rotatable bonds is 3. The average molecular weight is 532 g/mol. The van der Waals surface area contributed by atoms with Gasteiger partial charge in [0.05, 0.1) is 17.3 Å². The van der Waals surface area contributed by atoms with Crippen LogP contribution in [0.15, 0.2) is 90.5 Å². The van der Waals surface area contributed by atoms with E-state index in [4.69, 9.17) is 0 Å². The fourth-order valence-corrected chi connectivity index (χ4v) is 5.47. The summed E-state index contributed by atoms with van der Waals surface area (Å²) in [6.07, 6.45) is 0. The highest BCUT2D eigenvalue weighted by molar-refractivity contribution is 6.52. The first-order chi connectivity index (χ1) is 18.8. The number of carbonyl (C=O) groups is 2. The van der Waals surface area contributed by atoms with Gasteiger partial charge < -0.3 is 5.11 Å². The van der Waals surface area contributed by atoms with E-state index in [1.807, 2.05) is 91.9 Å². The molecule has 1 aliphatic heterocycles. The summed E-state index contributed by atoms with van der Waals surface area (Å²) < 4.78 is 0. The van der Waals surface area contributed by atoms with Crippen LogP contribution in [0.2, 0.25) is 0 Å². The number of hydrogen-bond acceptors (Lipinski definition) is 3. The lowest BCUT2D eigenvalue weighted by atomic mass is 9.84. The van der Waals surface area contributed by atoms with Crippen molar-refractivity contribution in [3.8, 4) is 0 Å². The van der Waals surface area contributed by atoms with Gasteiger partial charge in [0, 0.05) is 10.9 Å². The van der Waals surface area contributed by atoms with Crippen LogP contribution in [-0.4, -0.2) is 16.8 Å². The van der Waals surface area contributed by atoms with Crippen LogP contribution in [0.25, 0.3) is 16.5 Å². The van der Waals surface area contributed by atoms with Gasteiger partial charge in [-0.3, -0.25) is 14.5 Å². The van der Waals surface area contributed by atoms with Crippen molar-refractivity contribution < 1.29 is 14.7 Å². The van der Waals surface area contributed by atoms with Crippen LogP contribution in [0.5, 0.6) is 0 Å².